The fraction of sp³-hybridized carbons (Fsp3) is 0.462. The molecule has 0 spiro atoms. The predicted octanol–water partition coefficient (Wildman–Crippen LogP) is 2.65. The summed E-state index contributed by atoms with van der Waals surface area (Å²) in [6, 6.07) is 6.48. The first-order valence-electron chi connectivity index (χ1n) is 5.22. The molecule has 0 heterocycles. The van der Waals surface area contributed by atoms with Crippen LogP contribution in [0.15, 0.2) is 18.2 Å². The second-order valence-corrected chi connectivity index (χ2v) is 4.68. The van der Waals surface area contributed by atoms with Gasteiger partial charge in [-0.15, -0.1) is 0 Å². The number of carbonyl (C=O) groups excluding carboxylic acids is 1. The summed E-state index contributed by atoms with van der Waals surface area (Å²) in [5.41, 5.74) is 3.72. The molecular weight excluding hydrogens is 172 g/mol. The van der Waals surface area contributed by atoms with Gasteiger partial charge in [0.25, 0.3) is 0 Å². The summed E-state index contributed by atoms with van der Waals surface area (Å²) in [6.45, 7) is 3.94. The molecule has 0 saturated heterocycles. The van der Waals surface area contributed by atoms with E-state index in [9.17, 15) is 4.79 Å². The van der Waals surface area contributed by atoms with Gasteiger partial charge in [-0.3, -0.25) is 0 Å². The molecule has 0 fully saturated rings. The molecule has 0 radical (unpaired) electrons. The van der Waals surface area contributed by atoms with E-state index in [1.54, 1.807) is 0 Å². The minimum absolute atomic E-state index is 0.336. The second-order valence-electron chi connectivity index (χ2n) is 4.68. The standard InChI is InChI=1S/C13H16O/c1-13(2,9-14)12-7-6-10-4-3-5-11(10)8-12/h6-9H,3-5H2,1-2H3. The third-order valence-electron chi connectivity index (χ3n) is 3.14. The molecule has 0 atom stereocenters. The quantitative estimate of drug-likeness (QED) is 0.652. The van der Waals surface area contributed by atoms with E-state index in [0.717, 1.165) is 11.8 Å². The van der Waals surface area contributed by atoms with Crippen LogP contribution in [-0.2, 0) is 23.1 Å². The van der Waals surface area contributed by atoms with E-state index in [2.05, 4.69) is 18.2 Å². The van der Waals surface area contributed by atoms with Crippen molar-refractivity contribution in [3.05, 3.63) is 34.9 Å². The van der Waals surface area contributed by atoms with Gasteiger partial charge in [0.15, 0.2) is 0 Å². The molecule has 2 rings (SSSR count). The van der Waals surface area contributed by atoms with Crippen molar-refractivity contribution in [2.45, 2.75) is 38.5 Å². The van der Waals surface area contributed by atoms with E-state index in [1.807, 2.05) is 13.8 Å². The van der Waals surface area contributed by atoms with E-state index < -0.39 is 0 Å². The largest absolute Gasteiger partial charge is 0.302 e. The Morgan fingerprint density at radius 1 is 1.21 bits per heavy atom. The summed E-state index contributed by atoms with van der Waals surface area (Å²) < 4.78 is 0. The average Bonchev–Trinajstić information content (AvgIpc) is 2.64. The first-order valence-corrected chi connectivity index (χ1v) is 5.22. The van der Waals surface area contributed by atoms with E-state index in [1.165, 1.54) is 30.4 Å². The lowest BCUT2D eigenvalue weighted by Crippen LogP contribution is -2.18. The minimum Gasteiger partial charge on any atom is -0.302 e. The fourth-order valence-corrected chi connectivity index (χ4v) is 2.04. The van der Waals surface area contributed by atoms with Crippen molar-refractivity contribution in [1.29, 1.82) is 0 Å². The van der Waals surface area contributed by atoms with E-state index in [4.69, 9.17) is 0 Å². The summed E-state index contributed by atoms with van der Waals surface area (Å²) in [4.78, 5) is 10.9. The van der Waals surface area contributed by atoms with Crippen molar-refractivity contribution in [3.63, 3.8) is 0 Å². The second kappa shape index (κ2) is 3.23. The van der Waals surface area contributed by atoms with E-state index >= 15 is 0 Å². The van der Waals surface area contributed by atoms with Crippen LogP contribution in [0, 0.1) is 0 Å². The molecule has 1 aromatic carbocycles. The molecule has 14 heavy (non-hydrogen) atoms. The SMILES string of the molecule is CC(C)(C=O)c1ccc2c(c1)CCC2. The summed E-state index contributed by atoms with van der Waals surface area (Å²) in [7, 11) is 0. The molecule has 1 heteroatoms. The Hall–Kier alpha value is -1.11. The smallest absolute Gasteiger partial charge is 0.129 e. The number of fused-ring (bicyclic) bond motifs is 1. The van der Waals surface area contributed by atoms with Crippen LogP contribution in [0.25, 0.3) is 0 Å². The van der Waals surface area contributed by atoms with Gasteiger partial charge in [-0.05, 0) is 49.8 Å². The first kappa shape index (κ1) is 9.45. The zero-order valence-corrected chi connectivity index (χ0v) is 8.84. The Labute approximate surface area is 85.1 Å². The first-order chi connectivity index (χ1) is 6.63. The van der Waals surface area contributed by atoms with Gasteiger partial charge in [-0.2, -0.15) is 0 Å². The molecule has 0 unspecified atom stereocenters. The van der Waals surface area contributed by atoms with Gasteiger partial charge in [0.05, 0.1) is 0 Å². The van der Waals surface area contributed by atoms with Gasteiger partial charge in [0, 0.05) is 5.41 Å². The average molecular weight is 188 g/mol. The van der Waals surface area contributed by atoms with Gasteiger partial charge in [0.1, 0.15) is 6.29 Å². The monoisotopic (exact) mass is 188 g/mol. The van der Waals surface area contributed by atoms with Crippen molar-refractivity contribution in [2.75, 3.05) is 0 Å². The molecule has 0 aliphatic heterocycles. The molecule has 0 amide bonds. The van der Waals surface area contributed by atoms with Crippen LogP contribution in [0.1, 0.15) is 37.0 Å². The van der Waals surface area contributed by atoms with Crippen LogP contribution >= 0.6 is 0 Å². The van der Waals surface area contributed by atoms with Crippen molar-refractivity contribution in [1.82, 2.24) is 0 Å². The Kier molecular flexibility index (Phi) is 2.18. The van der Waals surface area contributed by atoms with Crippen molar-refractivity contribution >= 4 is 6.29 Å². The Morgan fingerprint density at radius 2 is 1.93 bits per heavy atom. The van der Waals surface area contributed by atoms with Crippen LogP contribution < -0.4 is 0 Å². The highest BCUT2D eigenvalue weighted by Gasteiger charge is 2.21. The van der Waals surface area contributed by atoms with E-state index in [0.29, 0.717) is 0 Å². The summed E-state index contributed by atoms with van der Waals surface area (Å²) >= 11 is 0. The topological polar surface area (TPSA) is 17.1 Å². The maximum absolute atomic E-state index is 10.9. The maximum atomic E-state index is 10.9. The van der Waals surface area contributed by atoms with Crippen LogP contribution in [0.3, 0.4) is 0 Å². The lowest BCUT2D eigenvalue weighted by molar-refractivity contribution is -0.111. The Morgan fingerprint density at radius 3 is 2.64 bits per heavy atom. The van der Waals surface area contributed by atoms with Gasteiger partial charge in [-0.1, -0.05) is 18.2 Å². The fourth-order valence-electron chi connectivity index (χ4n) is 2.04. The summed E-state index contributed by atoms with van der Waals surface area (Å²) in [6.07, 6.45) is 4.68. The summed E-state index contributed by atoms with van der Waals surface area (Å²) in [5, 5.41) is 0. The van der Waals surface area contributed by atoms with Crippen molar-refractivity contribution in [3.8, 4) is 0 Å². The normalized spacial score (nSPS) is 15.3. The van der Waals surface area contributed by atoms with Crippen molar-refractivity contribution < 1.29 is 4.79 Å². The van der Waals surface area contributed by atoms with E-state index in [-0.39, 0.29) is 5.41 Å². The number of carbonyl (C=O) groups is 1. The lowest BCUT2D eigenvalue weighted by atomic mass is 9.85. The van der Waals surface area contributed by atoms with Gasteiger partial charge in [0.2, 0.25) is 0 Å². The number of aryl methyl sites for hydroxylation is 2. The Balaban J connectivity index is 2.42. The number of rotatable bonds is 2. The highest BCUT2D eigenvalue weighted by Crippen LogP contribution is 2.28. The molecule has 1 aliphatic rings. The molecule has 0 aromatic heterocycles. The highest BCUT2D eigenvalue weighted by atomic mass is 16.1. The van der Waals surface area contributed by atoms with Crippen molar-refractivity contribution in [2.24, 2.45) is 0 Å². The zero-order chi connectivity index (χ0) is 10.2. The summed E-state index contributed by atoms with van der Waals surface area (Å²) in [5.74, 6) is 0. The predicted molar refractivity (Wildman–Crippen MR) is 57.6 cm³/mol. The van der Waals surface area contributed by atoms with Crippen LogP contribution in [0.2, 0.25) is 0 Å². The maximum Gasteiger partial charge on any atom is 0.129 e. The Bertz CT molecular complexity index is 363. The third-order valence-corrected chi connectivity index (χ3v) is 3.14. The number of hydrogen-bond acceptors (Lipinski definition) is 1. The molecule has 0 bridgehead atoms. The van der Waals surface area contributed by atoms with Gasteiger partial charge < -0.3 is 4.79 Å². The van der Waals surface area contributed by atoms with Gasteiger partial charge in [-0.25, -0.2) is 0 Å². The van der Waals surface area contributed by atoms with Crippen LogP contribution in [0.4, 0.5) is 0 Å². The molecule has 1 nitrogen and oxygen atoms in total. The van der Waals surface area contributed by atoms with Crippen LogP contribution in [-0.4, -0.2) is 6.29 Å². The van der Waals surface area contributed by atoms with Crippen LogP contribution in [0.5, 0.6) is 0 Å². The minimum atomic E-state index is -0.336. The molecule has 74 valence electrons. The number of benzene rings is 1. The molecule has 1 aliphatic carbocycles. The zero-order valence-electron chi connectivity index (χ0n) is 8.84. The lowest BCUT2D eigenvalue weighted by Gasteiger charge is -2.18. The highest BCUT2D eigenvalue weighted by molar-refractivity contribution is 5.67. The van der Waals surface area contributed by atoms with Gasteiger partial charge >= 0.3 is 0 Å². The molecule has 0 saturated carbocycles. The third kappa shape index (κ3) is 1.47. The number of hydrogen-bond donors (Lipinski definition) is 0. The number of aldehydes is 1. The molecular formula is C13H16O. The molecule has 1 aromatic rings. The molecule has 0 N–H and O–H groups in total.